The highest BCUT2D eigenvalue weighted by Gasteiger charge is 2.42. The van der Waals surface area contributed by atoms with E-state index in [0.717, 1.165) is 0 Å². The summed E-state index contributed by atoms with van der Waals surface area (Å²) in [6.07, 6.45) is 3.34. The van der Waals surface area contributed by atoms with Crippen molar-refractivity contribution in [2.45, 2.75) is 12.0 Å². The maximum Gasteiger partial charge on any atom is 0.287 e. The molecular weight excluding hydrogens is 312 g/mol. The molecule has 0 aliphatic carbocycles. The molecule has 0 fully saturated rings. The van der Waals surface area contributed by atoms with Gasteiger partial charge in [0.05, 0.1) is 18.1 Å². The quantitative estimate of drug-likeness (QED) is 0.853. The summed E-state index contributed by atoms with van der Waals surface area (Å²) in [5, 5.41) is 19.1. The van der Waals surface area contributed by atoms with Crippen molar-refractivity contribution in [1.82, 2.24) is 0 Å². The van der Waals surface area contributed by atoms with Gasteiger partial charge in [-0.05, 0) is 11.6 Å². The number of rotatable bonds is 5. The van der Waals surface area contributed by atoms with E-state index in [1.807, 2.05) is 12.1 Å². The summed E-state index contributed by atoms with van der Waals surface area (Å²) in [5.74, 6) is -2.48. The molecule has 114 valence electrons. The van der Waals surface area contributed by atoms with Gasteiger partial charge in [-0.2, -0.15) is 15.1 Å². The fraction of sp³-hybridized carbons (Fsp3) is 0.176. The van der Waals surface area contributed by atoms with Crippen LogP contribution in [0.15, 0.2) is 54.9 Å². The van der Waals surface area contributed by atoms with Crippen molar-refractivity contribution < 1.29 is 9.36 Å². The number of halogens is 1. The number of amides is 1. The molecule has 2 atom stereocenters. The number of benzene rings is 1. The zero-order valence-corrected chi connectivity index (χ0v) is 12.9. The average Bonchev–Trinajstić information content (AvgIpc) is 2.56. The molecule has 5 nitrogen and oxygen atoms in total. The van der Waals surface area contributed by atoms with Crippen LogP contribution >= 0.6 is 11.6 Å². The molecule has 0 unspecified atom stereocenters. The molecule has 1 amide bonds. The third kappa shape index (κ3) is 3.48. The Kier molecular flexibility index (Phi) is 5.30. The van der Waals surface area contributed by atoms with Crippen molar-refractivity contribution in [2.24, 2.45) is 11.7 Å². The zero-order chi connectivity index (χ0) is 16.8. The van der Waals surface area contributed by atoms with Crippen LogP contribution in [0.4, 0.5) is 0 Å². The Balaban J connectivity index is 2.65. The number of pyridine rings is 1. The van der Waals surface area contributed by atoms with Gasteiger partial charge >= 0.3 is 0 Å². The normalized spacial score (nSPS) is 12.9. The highest BCUT2D eigenvalue weighted by Crippen LogP contribution is 2.36. The number of carbonyl (C=O) groups is 1. The fourth-order valence-corrected chi connectivity index (χ4v) is 2.84. The van der Waals surface area contributed by atoms with Gasteiger partial charge in [0.15, 0.2) is 12.4 Å². The number of nitriles is 2. The molecule has 2 rings (SSSR count). The van der Waals surface area contributed by atoms with Crippen molar-refractivity contribution >= 4 is 17.5 Å². The van der Waals surface area contributed by atoms with E-state index in [4.69, 9.17) is 17.3 Å². The van der Waals surface area contributed by atoms with Crippen LogP contribution in [0.3, 0.4) is 0 Å². The molecule has 2 N–H and O–H groups in total. The Hall–Kier alpha value is -2.89. The molecule has 0 saturated carbocycles. The van der Waals surface area contributed by atoms with Gasteiger partial charge in [0.2, 0.25) is 6.04 Å². The molecule has 23 heavy (non-hydrogen) atoms. The Bertz CT molecular complexity index is 765. The number of nitrogens with zero attached hydrogens (tertiary/aromatic N) is 3. The topological polar surface area (TPSA) is 94.5 Å². The Morgan fingerprint density at radius 3 is 2.22 bits per heavy atom. The van der Waals surface area contributed by atoms with E-state index in [1.54, 1.807) is 59.4 Å². The van der Waals surface area contributed by atoms with Crippen LogP contribution in [0.5, 0.6) is 0 Å². The number of aromatic nitrogens is 1. The number of primary amides is 1. The van der Waals surface area contributed by atoms with Crippen LogP contribution in [0.1, 0.15) is 17.5 Å². The second-order valence-electron chi connectivity index (χ2n) is 4.95. The molecule has 0 aliphatic rings. The van der Waals surface area contributed by atoms with Crippen molar-refractivity contribution in [2.75, 3.05) is 0 Å². The third-order valence-corrected chi connectivity index (χ3v) is 3.94. The van der Waals surface area contributed by atoms with E-state index in [2.05, 4.69) is 0 Å². The lowest BCUT2D eigenvalue weighted by molar-refractivity contribution is -0.712. The van der Waals surface area contributed by atoms with Crippen LogP contribution in [-0.2, 0) is 4.79 Å². The van der Waals surface area contributed by atoms with Gasteiger partial charge in [0, 0.05) is 17.2 Å². The molecular formula is C17H14ClN4O+. The molecule has 2 aromatic rings. The monoisotopic (exact) mass is 325 g/mol. The summed E-state index contributed by atoms with van der Waals surface area (Å²) in [4.78, 5) is 12.1. The molecule has 1 aromatic carbocycles. The summed E-state index contributed by atoms with van der Waals surface area (Å²) in [7, 11) is 0. The van der Waals surface area contributed by atoms with Crippen molar-refractivity contribution in [1.29, 1.82) is 10.5 Å². The number of hydrogen-bond donors (Lipinski definition) is 1. The van der Waals surface area contributed by atoms with Crippen molar-refractivity contribution in [3.8, 4) is 12.1 Å². The van der Waals surface area contributed by atoms with E-state index in [-0.39, 0.29) is 0 Å². The van der Waals surface area contributed by atoms with Gasteiger partial charge in [0.25, 0.3) is 5.91 Å². The Morgan fingerprint density at radius 1 is 1.09 bits per heavy atom. The van der Waals surface area contributed by atoms with Crippen molar-refractivity contribution in [3.05, 3.63) is 65.4 Å². The van der Waals surface area contributed by atoms with Gasteiger partial charge in [-0.3, -0.25) is 4.79 Å². The van der Waals surface area contributed by atoms with Crippen LogP contribution in [0.2, 0.25) is 5.02 Å². The van der Waals surface area contributed by atoms with Gasteiger partial charge in [-0.25, -0.2) is 0 Å². The van der Waals surface area contributed by atoms with Gasteiger partial charge in [-0.15, -0.1) is 0 Å². The predicted molar refractivity (Wildman–Crippen MR) is 83.8 cm³/mol. The molecule has 6 heteroatoms. The first-order valence-electron chi connectivity index (χ1n) is 6.89. The first kappa shape index (κ1) is 16.5. The van der Waals surface area contributed by atoms with Crippen LogP contribution in [0.25, 0.3) is 0 Å². The van der Waals surface area contributed by atoms with E-state index < -0.39 is 23.8 Å². The SMILES string of the molecule is N#CC(C#N)[C@H](c1ccccc1Cl)[C@@H](C(N)=O)[n+]1ccccc1. The highest BCUT2D eigenvalue weighted by molar-refractivity contribution is 6.31. The minimum absolute atomic E-state index is 0.385. The van der Waals surface area contributed by atoms with Crippen LogP contribution in [0, 0.1) is 28.6 Å². The molecule has 1 heterocycles. The molecule has 0 spiro atoms. The van der Waals surface area contributed by atoms with Gasteiger partial charge < -0.3 is 5.73 Å². The van der Waals surface area contributed by atoms with Gasteiger partial charge in [-0.1, -0.05) is 35.9 Å². The minimum atomic E-state index is -1.07. The summed E-state index contributed by atoms with van der Waals surface area (Å²) in [6.45, 7) is 0. The molecule has 0 bridgehead atoms. The summed E-state index contributed by atoms with van der Waals surface area (Å²) in [6, 6.07) is 15.1. The highest BCUT2D eigenvalue weighted by atomic mass is 35.5. The first-order chi connectivity index (χ1) is 11.1. The van der Waals surface area contributed by atoms with E-state index >= 15 is 0 Å². The minimum Gasteiger partial charge on any atom is -0.364 e. The molecule has 0 saturated heterocycles. The Labute approximate surface area is 139 Å². The molecule has 1 aromatic heterocycles. The lowest BCUT2D eigenvalue weighted by Gasteiger charge is -2.22. The lowest BCUT2D eigenvalue weighted by Crippen LogP contribution is -2.50. The molecule has 0 aliphatic heterocycles. The Morgan fingerprint density at radius 2 is 1.70 bits per heavy atom. The number of nitrogens with two attached hydrogens (primary N) is 1. The summed E-state index contributed by atoms with van der Waals surface area (Å²) in [5.41, 5.74) is 6.13. The largest absolute Gasteiger partial charge is 0.364 e. The average molecular weight is 326 g/mol. The predicted octanol–water partition coefficient (Wildman–Crippen LogP) is 2.10. The molecule has 0 radical (unpaired) electrons. The fourth-order valence-electron chi connectivity index (χ4n) is 2.57. The van der Waals surface area contributed by atoms with Crippen LogP contribution in [-0.4, -0.2) is 5.91 Å². The van der Waals surface area contributed by atoms with Crippen LogP contribution < -0.4 is 10.3 Å². The maximum atomic E-state index is 12.1. The third-order valence-electron chi connectivity index (χ3n) is 3.59. The maximum absolute atomic E-state index is 12.1. The van der Waals surface area contributed by atoms with E-state index in [0.29, 0.717) is 10.6 Å². The summed E-state index contributed by atoms with van der Waals surface area (Å²) < 4.78 is 1.60. The number of carbonyl (C=O) groups excluding carboxylic acids is 1. The van der Waals surface area contributed by atoms with E-state index in [9.17, 15) is 15.3 Å². The lowest BCUT2D eigenvalue weighted by atomic mass is 9.81. The second-order valence-corrected chi connectivity index (χ2v) is 5.36. The first-order valence-corrected chi connectivity index (χ1v) is 7.26. The van der Waals surface area contributed by atoms with Crippen molar-refractivity contribution in [3.63, 3.8) is 0 Å². The van der Waals surface area contributed by atoms with Gasteiger partial charge in [0.1, 0.15) is 5.92 Å². The number of hydrogen-bond acceptors (Lipinski definition) is 3. The van der Waals surface area contributed by atoms with E-state index in [1.165, 1.54) is 0 Å². The smallest absolute Gasteiger partial charge is 0.287 e. The standard InChI is InChI=1S/C17H13ClN4O/c18-14-7-3-2-6-13(14)15(12(10-19)11-20)16(17(21)23)22-8-4-1-5-9-22/h1-9,12,15-16H,(H-,21,23)/p+1/t15-,16+/m1/s1. The zero-order valence-electron chi connectivity index (χ0n) is 12.1. The summed E-state index contributed by atoms with van der Waals surface area (Å²) >= 11 is 6.23. The second kappa shape index (κ2) is 7.40.